The summed E-state index contributed by atoms with van der Waals surface area (Å²) < 4.78 is 11.8. The molecule has 1 aliphatic carbocycles. The molecule has 24 heavy (non-hydrogen) atoms. The van der Waals surface area contributed by atoms with Gasteiger partial charge in [-0.25, -0.2) is 9.97 Å². The molecule has 5 nitrogen and oxygen atoms in total. The topological polar surface area (TPSA) is 47.5 Å². The Morgan fingerprint density at radius 1 is 1.08 bits per heavy atom. The Morgan fingerprint density at radius 2 is 1.88 bits per heavy atom. The molecule has 0 radical (unpaired) electrons. The van der Waals surface area contributed by atoms with Crippen molar-refractivity contribution in [1.29, 1.82) is 0 Å². The molecule has 2 fully saturated rings. The molecule has 1 aromatic heterocycles. The number of hydrogen-bond donors (Lipinski definition) is 0. The zero-order valence-corrected chi connectivity index (χ0v) is 14.6. The number of ether oxygens (including phenoxy) is 2. The van der Waals surface area contributed by atoms with E-state index in [1.807, 2.05) is 6.20 Å². The first-order valence-electron chi connectivity index (χ1n) is 8.63. The molecule has 0 spiro atoms. The molecule has 4 rings (SSSR count). The highest BCUT2D eigenvalue weighted by Gasteiger charge is 2.19. The van der Waals surface area contributed by atoms with Crippen molar-refractivity contribution in [2.45, 2.75) is 38.2 Å². The third-order valence-corrected chi connectivity index (χ3v) is 4.79. The predicted molar refractivity (Wildman–Crippen MR) is 97.3 cm³/mol. The lowest BCUT2D eigenvalue weighted by molar-refractivity contribution is 0.122. The summed E-state index contributed by atoms with van der Waals surface area (Å²) in [4.78, 5) is 11.0. The summed E-state index contributed by atoms with van der Waals surface area (Å²) >= 11 is 0. The van der Waals surface area contributed by atoms with Gasteiger partial charge in [-0.3, -0.25) is 0 Å². The zero-order chi connectivity index (χ0) is 15.5. The summed E-state index contributed by atoms with van der Waals surface area (Å²) in [6, 6.07) is 4.29. The fraction of sp³-hybridized carbons (Fsp3) is 0.556. The van der Waals surface area contributed by atoms with E-state index in [0.29, 0.717) is 6.10 Å². The van der Waals surface area contributed by atoms with Crippen LogP contribution < -0.4 is 9.64 Å². The lowest BCUT2D eigenvalue weighted by Gasteiger charge is -2.30. The third kappa shape index (κ3) is 3.73. The number of nitrogens with zero attached hydrogens (tertiary/aromatic N) is 3. The Morgan fingerprint density at radius 3 is 2.67 bits per heavy atom. The quantitative estimate of drug-likeness (QED) is 0.847. The van der Waals surface area contributed by atoms with Gasteiger partial charge in [0.1, 0.15) is 12.1 Å². The number of benzene rings is 1. The minimum atomic E-state index is 0. The second-order valence-corrected chi connectivity index (χ2v) is 6.38. The van der Waals surface area contributed by atoms with Gasteiger partial charge in [0.2, 0.25) is 0 Å². The molecule has 0 bridgehead atoms. The van der Waals surface area contributed by atoms with Gasteiger partial charge in [0, 0.05) is 31.0 Å². The second-order valence-electron chi connectivity index (χ2n) is 6.38. The van der Waals surface area contributed by atoms with Crippen LogP contribution in [-0.4, -0.2) is 42.4 Å². The number of morpholine rings is 1. The largest absolute Gasteiger partial charge is 0.490 e. The van der Waals surface area contributed by atoms with Crippen molar-refractivity contribution < 1.29 is 9.47 Å². The highest BCUT2D eigenvalue weighted by molar-refractivity contribution is 5.88. The van der Waals surface area contributed by atoms with Gasteiger partial charge in [0.05, 0.1) is 30.2 Å². The van der Waals surface area contributed by atoms with E-state index in [-0.39, 0.29) is 12.4 Å². The fourth-order valence-electron chi connectivity index (χ4n) is 3.50. The normalized spacial score (nSPS) is 19.1. The molecule has 0 atom stereocenters. The van der Waals surface area contributed by atoms with E-state index in [1.165, 1.54) is 24.9 Å². The third-order valence-electron chi connectivity index (χ3n) is 4.79. The Balaban J connectivity index is 0.00000169. The number of halogens is 1. The van der Waals surface area contributed by atoms with E-state index < -0.39 is 0 Å². The van der Waals surface area contributed by atoms with Gasteiger partial charge in [0.25, 0.3) is 0 Å². The van der Waals surface area contributed by atoms with Gasteiger partial charge in [-0.1, -0.05) is 6.42 Å². The maximum Gasteiger partial charge on any atom is 0.132 e. The summed E-state index contributed by atoms with van der Waals surface area (Å²) in [5, 5.41) is 1.01. The molecule has 2 heterocycles. The zero-order valence-electron chi connectivity index (χ0n) is 13.8. The molecular weight excluding hydrogens is 326 g/mol. The lowest BCUT2D eigenvalue weighted by atomic mass is 9.98. The average molecular weight is 350 g/mol. The molecule has 2 aromatic rings. The van der Waals surface area contributed by atoms with E-state index in [4.69, 9.17) is 9.47 Å². The number of aromatic nitrogens is 2. The molecule has 1 saturated carbocycles. The van der Waals surface area contributed by atoms with Crippen LogP contribution in [0.25, 0.3) is 10.9 Å². The molecule has 1 saturated heterocycles. The summed E-state index contributed by atoms with van der Waals surface area (Å²) in [6.45, 7) is 3.39. The van der Waals surface area contributed by atoms with E-state index in [0.717, 1.165) is 55.8 Å². The summed E-state index contributed by atoms with van der Waals surface area (Å²) in [6.07, 6.45) is 9.96. The highest BCUT2D eigenvalue weighted by Crippen LogP contribution is 2.33. The number of rotatable bonds is 3. The van der Waals surface area contributed by atoms with Gasteiger partial charge in [0.15, 0.2) is 0 Å². The Labute approximate surface area is 148 Å². The van der Waals surface area contributed by atoms with Crippen LogP contribution in [0.3, 0.4) is 0 Å². The number of fused-ring (bicyclic) bond motifs is 1. The number of hydrogen-bond acceptors (Lipinski definition) is 5. The maximum atomic E-state index is 6.36. The first-order chi connectivity index (χ1) is 11.4. The van der Waals surface area contributed by atoms with Crippen LogP contribution in [0.4, 0.5) is 5.69 Å². The Hall–Kier alpha value is -1.59. The Bertz CT molecular complexity index is 670. The molecule has 0 unspecified atom stereocenters. The van der Waals surface area contributed by atoms with Crippen LogP contribution >= 0.6 is 12.4 Å². The summed E-state index contributed by atoms with van der Waals surface area (Å²) in [5.74, 6) is 0.927. The fourth-order valence-corrected chi connectivity index (χ4v) is 3.50. The van der Waals surface area contributed by atoms with E-state index in [2.05, 4.69) is 27.0 Å². The smallest absolute Gasteiger partial charge is 0.132 e. The van der Waals surface area contributed by atoms with E-state index >= 15 is 0 Å². The van der Waals surface area contributed by atoms with Crippen molar-refractivity contribution in [3.63, 3.8) is 0 Å². The molecular formula is C18H24ClN3O2. The minimum Gasteiger partial charge on any atom is -0.490 e. The predicted octanol–water partition coefficient (Wildman–Crippen LogP) is 3.60. The van der Waals surface area contributed by atoms with Gasteiger partial charge in [-0.15, -0.1) is 12.4 Å². The van der Waals surface area contributed by atoms with Crippen LogP contribution in [0.2, 0.25) is 0 Å². The van der Waals surface area contributed by atoms with Crippen LogP contribution in [0.5, 0.6) is 5.75 Å². The van der Waals surface area contributed by atoms with Crippen LogP contribution in [0.15, 0.2) is 24.7 Å². The summed E-state index contributed by atoms with van der Waals surface area (Å²) in [5.41, 5.74) is 2.13. The molecule has 1 aromatic carbocycles. The molecule has 130 valence electrons. The van der Waals surface area contributed by atoms with Gasteiger partial charge >= 0.3 is 0 Å². The van der Waals surface area contributed by atoms with Gasteiger partial charge in [-0.05, 0) is 31.7 Å². The van der Waals surface area contributed by atoms with Crippen molar-refractivity contribution >= 4 is 29.0 Å². The van der Waals surface area contributed by atoms with Gasteiger partial charge in [-0.2, -0.15) is 0 Å². The Kier molecular flexibility index (Phi) is 5.74. The van der Waals surface area contributed by atoms with Crippen molar-refractivity contribution in [3.8, 4) is 5.75 Å². The molecule has 2 aliphatic rings. The SMILES string of the molecule is Cl.c1ncc2c(OC3CCCCC3)cc(N3CCOCC3)cc2n1. The van der Waals surface area contributed by atoms with E-state index in [9.17, 15) is 0 Å². The molecule has 0 amide bonds. The maximum absolute atomic E-state index is 6.36. The highest BCUT2D eigenvalue weighted by atomic mass is 35.5. The number of anilines is 1. The molecule has 6 heteroatoms. The first-order valence-corrected chi connectivity index (χ1v) is 8.63. The van der Waals surface area contributed by atoms with Crippen LogP contribution in [0.1, 0.15) is 32.1 Å². The second kappa shape index (κ2) is 7.99. The lowest BCUT2D eigenvalue weighted by Crippen LogP contribution is -2.36. The van der Waals surface area contributed by atoms with Crippen molar-refractivity contribution in [1.82, 2.24) is 9.97 Å². The standard InChI is InChI=1S/C18H23N3O2.ClH/c1-2-4-15(5-3-1)23-18-11-14(21-6-8-22-9-7-21)10-17-16(18)12-19-13-20-17;/h10-13,15H,1-9H2;1H. The monoisotopic (exact) mass is 349 g/mol. The summed E-state index contributed by atoms with van der Waals surface area (Å²) in [7, 11) is 0. The molecule has 1 aliphatic heterocycles. The van der Waals surface area contributed by atoms with Gasteiger partial charge < -0.3 is 14.4 Å². The van der Waals surface area contributed by atoms with E-state index in [1.54, 1.807) is 6.33 Å². The minimum absolute atomic E-state index is 0. The van der Waals surface area contributed by atoms with Crippen LogP contribution in [0, 0.1) is 0 Å². The van der Waals surface area contributed by atoms with Crippen molar-refractivity contribution in [3.05, 3.63) is 24.7 Å². The van der Waals surface area contributed by atoms with Crippen LogP contribution in [-0.2, 0) is 4.74 Å². The van der Waals surface area contributed by atoms with Crippen molar-refractivity contribution in [2.24, 2.45) is 0 Å². The average Bonchev–Trinajstić information content (AvgIpc) is 2.63. The first kappa shape index (κ1) is 17.2. The molecule has 0 N–H and O–H groups in total. The van der Waals surface area contributed by atoms with Crippen molar-refractivity contribution in [2.75, 3.05) is 31.2 Å².